The van der Waals surface area contributed by atoms with Gasteiger partial charge in [0.15, 0.2) is 0 Å². The predicted molar refractivity (Wildman–Crippen MR) is 112 cm³/mol. The Morgan fingerprint density at radius 1 is 0.897 bits per heavy atom. The Bertz CT molecular complexity index is 817. The molecule has 2 aliphatic heterocycles. The van der Waals surface area contributed by atoms with Crippen LogP contribution >= 0.6 is 0 Å². The van der Waals surface area contributed by atoms with Crippen molar-refractivity contribution >= 4 is 11.7 Å². The molecule has 2 aromatic rings. The number of benzene rings is 1. The molecule has 4 atom stereocenters. The zero-order chi connectivity index (χ0) is 20.4. The van der Waals surface area contributed by atoms with E-state index in [1.807, 2.05) is 54.3 Å². The van der Waals surface area contributed by atoms with Gasteiger partial charge in [0.2, 0.25) is 0 Å². The van der Waals surface area contributed by atoms with Crippen LogP contribution in [0.25, 0.3) is 0 Å². The minimum Gasteiger partial charge on any atom is -0.372 e. The van der Waals surface area contributed by atoms with Gasteiger partial charge in [-0.25, -0.2) is 4.98 Å². The third kappa shape index (κ3) is 4.60. The third-order valence-corrected chi connectivity index (χ3v) is 5.46. The van der Waals surface area contributed by atoms with E-state index >= 15 is 0 Å². The van der Waals surface area contributed by atoms with Gasteiger partial charge in [0, 0.05) is 25.8 Å². The molecule has 2 aliphatic rings. The van der Waals surface area contributed by atoms with Crippen LogP contribution in [0.5, 0.6) is 0 Å². The number of carbonyl (C=O) groups excluding carboxylic acids is 1. The van der Waals surface area contributed by atoms with Crippen LogP contribution in [-0.4, -0.2) is 60.3 Å². The molecule has 2 saturated heterocycles. The van der Waals surface area contributed by atoms with Crippen LogP contribution in [0.3, 0.4) is 0 Å². The summed E-state index contributed by atoms with van der Waals surface area (Å²) in [6.45, 7) is 8.91. The summed E-state index contributed by atoms with van der Waals surface area (Å²) in [5.74, 6) is 0.893. The van der Waals surface area contributed by atoms with Crippen molar-refractivity contribution in [3.05, 3.63) is 59.8 Å². The molecule has 1 amide bonds. The average Bonchev–Trinajstić information content (AvgIpc) is 2.73. The average molecular weight is 396 g/mol. The number of pyridine rings is 1. The van der Waals surface area contributed by atoms with Crippen molar-refractivity contribution in [2.75, 3.05) is 31.1 Å². The molecule has 0 unspecified atom stereocenters. The molecule has 0 radical (unpaired) electrons. The van der Waals surface area contributed by atoms with Crippen molar-refractivity contribution in [1.29, 1.82) is 0 Å². The quantitative estimate of drug-likeness (QED) is 0.798. The molecule has 0 aliphatic carbocycles. The molecule has 29 heavy (non-hydrogen) atoms. The van der Waals surface area contributed by atoms with Crippen LogP contribution in [0, 0.1) is 0 Å². The highest BCUT2D eigenvalue weighted by molar-refractivity contribution is 5.94. The van der Waals surface area contributed by atoms with E-state index in [9.17, 15) is 4.79 Å². The van der Waals surface area contributed by atoms with Gasteiger partial charge < -0.3 is 19.3 Å². The minimum absolute atomic E-state index is 0.00356. The van der Waals surface area contributed by atoms with Gasteiger partial charge in [-0.15, -0.1) is 0 Å². The lowest BCUT2D eigenvalue weighted by molar-refractivity contribution is -0.0691. The molecule has 154 valence electrons. The number of amides is 1. The molecule has 0 saturated carbocycles. The highest BCUT2D eigenvalue weighted by atomic mass is 16.5. The van der Waals surface area contributed by atoms with Crippen molar-refractivity contribution < 1.29 is 14.3 Å². The maximum absolute atomic E-state index is 13.1. The summed E-state index contributed by atoms with van der Waals surface area (Å²) in [6.07, 6.45) is 1.92. The molecule has 3 heterocycles. The molecule has 0 bridgehead atoms. The summed E-state index contributed by atoms with van der Waals surface area (Å²) in [7, 11) is 0. The first kappa shape index (κ1) is 19.9. The topological polar surface area (TPSA) is 54.9 Å². The van der Waals surface area contributed by atoms with E-state index in [1.165, 1.54) is 0 Å². The molecule has 6 heteroatoms. The molecule has 4 rings (SSSR count). The summed E-state index contributed by atoms with van der Waals surface area (Å²) in [5, 5.41) is 0. The Morgan fingerprint density at radius 3 is 2.24 bits per heavy atom. The number of morpholine rings is 2. The summed E-state index contributed by atoms with van der Waals surface area (Å²) in [4.78, 5) is 21.8. The molecule has 1 aromatic heterocycles. The second-order valence-corrected chi connectivity index (χ2v) is 8.12. The van der Waals surface area contributed by atoms with Crippen LogP contribution in [0.15, 0.2) is 48.7 Å². The van der Waals surface area contributed by atoms with E-state index in [-0.39, 0.29) is 30.3 Å². The van der Waals surface area contributed by atoms with Gasteiger partial charge >= 0.3 is 0 Å². The van der Waals surface area contributed by atoms with Crippen LogP contribution in [0.1, 0.15) is 42.8 Å². The number of hydrogen-bond donors (Lipinski definition) is 0. The fraction of sp³-hybridized carbons (Fsp3) is 0.478. The molecule has 0 spiro atoms. The molecule has 0 N–H and O–H groups in total. The smallest absolute Gasteiger partial charge is 0.255 e. The van der Waals surface area contributed by atoms with E-state index in [0.717, 1.165) is 24.5 Å². The highest BCUT2D eigenvalue weighted by Gasteiger charge is 2.30. The predicted octanol–water partition coefficient (Wildman–Crippen LogP) is 3.30. The maximum atomic E-state index is 13.1. The SMILES string of the molecule is C[C@@H]1CN(c2ccc(C(=O)N3C[C@@H](c4ccccc4)O[C@@H](C)C3)cn2)C[C@@H](C)O1. The Morgan fingerprint density at radius 2 is 1.59 bits per heavy atom. The summed E-state index contributed by atoms with van der Waals surface area (Å²) < 4.78 is 11.9. The summed E-state index contributed by atoms with van der Waals surface area (Å²) in [5.41, 5.74) is 1.71. The van der Waals surface area contributed by atoms with Gasteiger partial charge in [0.25, 0.3) is 5.91 Å². The number of hydrogen-bond acceptors (Lipinski definition) is 5. The monoisotopic (exact) mass is 395 g/mol. The molecular weight excluding hydrogens is 366 g/mol. The first-order valence-corrected chi connectivity index (χ1v) is 10.4. The number of anilines is 1. The van der Waals surface area contributed by atoms with Crippen LogP contribution in [0.4, 0.5) is 5.82 Å². The minimum atomic E-state index is -0.104. The van der Waals surface area contributed by atoms with Crippen molar-refractivity contribution in [3.8, 4) is 0 Å². The zero-order valence-electron chi connectivity index (χ0n) is 17.3. The van der Waals surface area contributed by atoms with Crippen LogP contribution in [-0.2, 0) is 9.47 Å². The second-order valence-electron chi connectivity index (χ2n) is 8.12. The second kappa shape index (κ2) is 8.51. The van der Waals surface area contributed by atoms with Gasteiger partial charge in [0.05, 0.1) is 30.4 Å². The van der Waals surface area contributed by atoms with Crippen molar-refractivity contribution in [2.45, 2.75) is 45.2 Å². The van der Waals surface area contributed by atoms with Gasteiger partial charge in [-0.05, 0) is 38.5 Å². The summed E-state index contributed by atoms with van der Waals surface area (Å²) in [6, 6.07) is 13.9. The number of aromatic nitrogens is 1. The van der Waals surface area contributed by atoms with Crippen molar-refractivity contribution in [2.24, 2.45) is 0 Å². The van der Waals surface area contributed by atoms with Gasteiger partial charge in [0.1, 0.15) is 11.9 Å². The third-order valence-electron chi connectivity index (χ3n) is 5.46. The largest absolute Gasteiger partial charge is 0.372 e. The Kier molecular flexibility index (Phi) is 5.83. The van der Waals surface area contributed by atoms with Crippen LogP contribution in [0.2, 0.25) is 0 Å². The van der Waals surface area contributed by atoms with E-state index in [4.69, 9.17) is 9.47 Å². The Labute approximate surface area is 172 Å². The maximum Gasteiger partial charge on any atom is 0.255 e. The van der Waals surface area contributed by atoms with E-state index in [0.29, 0.717) is 18.7 Å². The van der Waals surface area contributed by atoms with E-state index in [1.54, 1.807) is 6.20 Å². The first-order valence-electron chi connectivity index (χ1n) is 10.4. The lowest BCUT2D eigenvalue weighted by atomic mass is 10.1. The first-order chi connectivity index (χ1) is 14.0. The van der Waals surface area contributed by atoms with Gasteiger partial charge in [-0.2, -0.15) is 0 Å². The van der Waals surface area contributed by atoms with E-state index < -0.39 is 0 Å². The number of nitrogens with zero attached hydrogens (tertiary/aromatic N) is 3. The molecule has 2 fully saturated rings. The normalized spacial score (nSPS) is 27.7. The fourth-order valence-corrected chi connectivity index (χ4v) is 4.22. The summed E-state index contributed by atoms with van der Waals surface area (Å²) >= 11 is 0. The van der Waals surface area contributed by atoms with Crippen LogP contribution < -0.4 is 4.90 Å². The lowest BCUT2D eigenvalue weighted by Crippen LogP contribution is -2.46. The number of carbonyl (C=O) groups is 1. The van der Waals surface area contributed by atoms with Crippen molar-refractivity contribution in [1.82, 2.24) is 9.88 Å². The lowest BCUT2D eigenvalue weighted by Gasteiger charge is -2.37. The molecular formula is C23H29N3O3. The number of ether oxygens (including phenoxy) is 2. The standard InChI is InChI=1S/C23H29N3O3/c1-16-12-25(13-17(2)28-16)22-10-9-20(11-24-22)23(27)26-14-18(3)29-21(15-26)19-7-5-4-6-8-19/h4-11,16-18,21H,12-15H2,1-3H3/t16-,17-,18+,21+/m1/s1. The van der Waals surface area contributed by atoms with Gasteiger partial charge in [-0.3, -0.25) is 4.79 Å². The Hall–Kier alpha value is -2.44. The molecule has 1 aromatic carbocycles. The molecule has 6 nitrogen and oxygen atoms in total. The zero-order valence-corrected chi connectivity index (χ0v) is 17.3. The van der Waals surface area contributed by atoms with E-state index in [2.05, 4.69) is 23.7 Å². The fourth-order valence-electron chi connectivity index (χ4n) is 4.22. The van der Waals surface area contributed by atoms with Crippen molar-refractivity contribution in [3.63, 3.8) is 0 Å². The Balaban J connectivity index is 1.46. The highest BCUT2D eigenvalue weighted by Crippen LogP contribution is 2.26. The number of rotatable bonds is 3. The van der Waals surface area contributed by atoms with Gasteiger partial charge in [-0.1, -0.05) is 30.3 Å².